The summed E-state index contributed by atoms with van der Waals surface area (Å²) in [6.45, 7) is 1.91. The number of hydrogen-bond acceptors (Lipinski definition) is 7. The fourth-order valence-corrected chi connectivity index (χ4v) is 4.87. The number of fused-ring (bicyclic) bond motifs is 4. The van der Waals surface area contributed by atoms with Crippen molar-refractivity contribution in [1.29, 1.82) is 0 Å². The highest BCUT2D eigenvalue weighted by Crippen LogP contribution is 2.30. The van der Waals surface area contributed by atoms with Crippen LogP contribution in [0.25, 0.3) is 10.3 Å². The van der Waals surface area contributed by atoms with Gasteiger partial charge in [0.05, 0.1) is 17.4 Å². The normalized spacial score (nSPS) is 21.8. The number of thiophene rings is 1. The minimum atomic E-state index is -0.260. The Labute approximate surface area is 164 Å². The lowest BCUT2D eigenvalue weighted by atomic mass is 9.93. The van der Waals surface area contributed by atoms with E-state index in [-0.39, 0.29) is 11.1 Å². The summed E-state index contributed by atoms with van der Waals surface area (Å²) < 4.78 is 1.56. The number of nitrogens with zero attached hydrogens (tertiary/aromatic N) is 5. The molecule has 0 spiro atoms. The number of aryl methyl sites for hydroxylation is 1. The minimum Gasteiger partial charge on any atom is -0.349 e. The summed E-state index contributed by atoms with van der Waals surface area (Å²) in [6, 6.07) is 0.942. The Hall–Kier alpha value is -2.23. The molecule has 0 aliphatic carbocycles. The molecule has 3 aromatic heterocycles. The molecule has 0 radical (unpaired) electrons. The molecular formula is C17H18ClN7OS. The smallest absolute Gasteiger partial charge is 0.258 e. The molecule has 2 atom stereocenters. The van der Waals surface area contributed by atoms with E-state index in [1.807, 2.05) is 6.20 Å². The third kappa shape index (κ3) is 2.95. The maximum Gasteiger partial charge on any atom is 0.258 e. The lowest BCUT2D eigenvalue weighted by Gasteiger charge is -2.46. The number of amides is 1. The number of halogens is 1. The van der Waals surface area contributed by atoms with Gasteiger partial charge in [0.2, 0.25) is 0 Å². The van der Waals surface area contributed by atoms with Gasteiger partial charge in [-0.05, 0) is 12.8 Å². The molecular weight excluding hydrogens is 386 g/mol. The number of piperazine rings is 1. The maximum absolute atomic E-state index is 12.8. The van der Waals surface area contributed by atoms with Gasteiger partial charge in [0.15, 0.2) is 5.15 Å². The zero-order valence-corrected chi connectivity index (χ0v) is 16.2. The molecule has 6 rings (SSSR count). The Kier molecular flexibility index (Phi) is 4.03. The Morgan fingerprint density at radius 1 is 1.44 bits per heavy atom. The van der Waals surface area contributed by atoms with E-state index in [1.54, 1.807) is 23.3 Å². The molecule has 0 aromatic carbocycles. The number of rotatable bonds is 3. The molecule has 27 heavy (non-hydrogen) atoms. The van der Waals surface area contributed by atoms with Gasteiger partial charge in [-0.3, -0.25) is 9.48 Å². The van der Waals surface area contributed by atoms with Crippen LogP contribution in [0.1, 0.15) is 23.2 Å². The average Bonchev–Trinajstić information content (AvgIpc) is 3.24. The van der Waals surface area contributed by atoms with Crippen molar-refractivity contribution in [2.75, 3.05) is 23.3 Å². The van der Waals surface area contributed by atoms with E-state index in [9.17, 15) is 4.79 Å². The highest BCUT2D eigenvalue weighted by Gasteiger charge is 2.34. The van der Waals surface area contributed by atoms with Crippen molar-refractivity contribution in [3.63, 3.8) is 0 Å². The van der Waals surface area contributed by atoms with E-state index in [0.29, 0.717) is 28.9 Å². The lowest BCUT2D eigenvalue weighted by molar-refractivity contribution is 0.102. The first-order valence-electron chi connectivity index (χ1n) is 8.83. The van der Waals surface area contributed by atoms with Gasteiger partial charge in [0.1, 0.15) is 16.2 Å². The summed E-state index contributed by atoms with van der Waals surface area (Å²) in [5, 5.41) is 12.4. The van der Waals surface area contributed by atoms with Crippen LogP contribution in [0.5, 0.6) is 0 Å². The topological polar surface area (TPSA) is 88.0 Å². The fraction of sp³-hybridized carbons (Fsp3) is 0.412. The van der Waals surface area contributed by atoms with Gasteiger partial charge in [-0.25, -0.2) is 9.97 Å². The van der Waals surface area contributed by atoms with Crippen molar-refractivity contribution in [1.82, 2.24) is 25.1 Å². The quantitative estimate of drug-likeness (QED) is 0.697. The van der Waals surface area contributed by atoms with E-state index >= 15 is 0 Å². The zero-order chi connectivity index (χ0) is 18.5. The van der Waals surface area contributed by atoms with Crippen LogP contribution in [0.15, 0.2) is 17.8 Å². The molecule has 10 heteroatoms. The Balaban J connectivity index is 1.46. The number of anilines is 2. The molecule has 3 aliphatic rings. The van der Waals surface area contributed by atoms with Crippen LogP contribution in [0.2, 0.25) is 5.15 Å². The van der Waals surface area contributed by atoms with Crippen LogP contribution in [-0.4, -0.2) is 50.8 Å². The molecule has 0 unspecified atom stereocenters. The first-order chi connectivity index (χ1) is 13.1. The highest BCUT2D eigenvalue weighted by atomic mass is 35.5. The number of piperidine rings is 2. The SMILES string of the molecule is Cn1cc(NC(=O)c2csc3ncc(N4C[C@@H]5CC[C@H]4CN5)nc23)c(Cl)n1. The first kappa shape index (κ1) is 16.9. The second-order valence-electron chi connectivity index (χ2n) is 6.98. The van der Waals surface area contributed by atoms with Crippen molar-refractivity contribution < 1.29 is 4.79 Å². The van der Waals surface area contributed by atoms with Gasteiger partial charge >= 0.3 is 0 Å². The summed E-state index contributed by atoms with van der Waals surface area (Å²) in [5.74, 6) is 0.579. The van der Waals surface area contributed by atoms with Crippen LogP contribution < -0.4 is 15.5 Å². The summed E-state index contributed by atoms with van der Waals surface area (Å²) in [6.07, 6.45) is 5.85. The Morgan fingerprint density at radius 2 is 2.33 bits per heavy atom. The number of hydrogen-bond donors (Lipinski definition) is 2. The van der Waals surface area contributed by atoms with E-state index in [4.69, 9.17) is 16.6 Å². The van der Waals surface area contributed by atoms with Gasteiger partial charge in [0.25, 0.3) is 5.91 Å². The molecule has 6 heterocycles. The molecule has 1 amide bonds. The van der Waals surface area contributed by atoms with Crippen LogP contribution >= 0.6 is 22.9 Å². The summed E-state index contributed by atoms with van der Waals surface area (Å²) in [4.78, 5) is 25.2. The number of carbonyl (C=O) groups is 1. The monoisotopic (exact) mass is 403 g/mol. The largest absolute Gasteiger partial charge is 0.349 e. The number of aromatic nitrogens is 4. The van der Waals surface area contributed by atoms with Gasteiger partial charge in [-0.2, -0.15) is 5.10 Å². The summed E-state index contributed by atoms with van der Waals surface area (Å²) >= 11 is 7.46. The average molecular weight is 404 g/mol. The van der Waals surface area contributed by atoms with Crippen molar-refractivity contribution >= 4 is 50.7 Å². The van der Waals surface area contributed by atoms with Crippen LogP contribution in [0.3, 0.4) is 0 Å². The highest BCUT2D eigenvalue weighted by molar-refractivity contribution is 7.17. The van der Waals surface area contributed by atoms with Crippen LogP contribution in [0, 0.1) is 0 Å². The maximum atomic E-state index is 12.8. The van der Waals surface area contributed by atoms with Crippen molar-refractivity contribution in [3.8, 4) is 0 Å². The number of nitrogens with one attached hydrogen (secondary N) is 2. The third-order valence-electron chi connectivity index (χ3n) is 5.19. The van der Waals surface area contributed by atoms with E-state index in [0.717, 1.165) is 30.2 Å². The second-order valence-corrected chi connectivity index (χ2v) is 8.20. The Morgan fingerprint density at radius 3 is 3.00 bits per heavy atom. The van der Waals surface area contributed by atoms with Gasteiger partial charge in [0, 0.05) is 43.8 Å². The van der Waals surface area contributed by atoms with Crippen molar-refractivity contribution in [2.45, 2.75) is 24.9 Å². The number of carbonyl (C=O) groups excluding carboxylic acids is 1. The molecule has 3 saturated heterocycles. The lowest BCUT2D eigenvalue weighted by Crippen LogP contribution is -2.61. The predicted molar refractivity (Wildman–Crippen MR) is 106 cm³/mol. The van der Waals surface area contributed by atoms with E-state index < -0.39 is 0 Å². The van der Waals surface area contributed by atoms with Crippen LogP contribution in [0.4, 0.5) is 11.5 Å². The second kappa shape index (κ2) is 6.43. The van der Waals surface area contributed by atoms with Gasteiger partial charge in [-0.15, -0.1) is 11.3 Å². The first-order valence-corrected chi connectivity index (χ1v) is 10.1. The third-order valence-corrected chi connectivity index (χ3v) is 6.34. The zero-order valence-electron chi connectivity index (χ0n) is 14.6. The van der Waals surface area contributed by atoms with Crippen molar-refractivity contribution in [3.05, 3.63) is 28.5 Å². The summed E-state index contributed by atoms with van der Waals surface area (Å²) in [5.41, 5.74) is 1.61. The molecule has 0 saturated carbocycles. The molecule has 8 nitrogen and oxygen atoms in total. The molecule has 140 valence electrons. The van der Waals surface area contributed by atoms with Gasteiger partial charge < -0.3 is 15.5 Å². The molecule has 3 fully saturated rings. The van der Waals surface area contributed by atoms with E-state index in [1.165, 1.54) is 17.8 Å². The standard InChI is InChI=1S/C17H18ClN7OS/c1-24-7-12(15(18)23-24)21-16(26)11-8-27-17-14(11)22-13(5-20-17)25-6-9-2-3-10(25)4-19-9/h5,7-10,19H,2-4,6H2,1H3,(H,21,26)/t9-,10-/m0/s1. The minimum absolute atomic E-state index is 0.258. The fourth-order valence-electron chi connectivity index (χ4n) is 3.82. The van der Waals surface area contributed by atoms with Gasteiger partial charge in [-0.1, -0.05) is 11.6 Å². The Bertz CT molecular complexity index is 1020. The predicted octanol–water partition coefficient (Wildman–Crippen LogP) is 2.27. The van der Waals surface area contributed by atoms with Crippen molar-refractivity contribution in [2.24, 2.45) is 7.05 Å². The summed E-state index contributed by atoms with van der Waals surface area (Å²) in [7, 11) is 1.75. The molecule has 2 bridgehead atoms. The van der Waals surface area contributed by atoms with Crippen LogP contribution in [-0.2, 0) is 7.05 Å². The molecule has 3 aliphatic heterocycles. The van der Waals surface area contributed by atoms with E-state index in [2.05, 4.69) is 25.6 Å². The molecule has 2 N–H and O–H groups in total. The molecule has 3 aromatic rings.